The molecular weight excluding hydrogens is 332 g/mol. The summed E-state index contributed by atoms with van der Waals surface area (Å²) in [7, 11) is 0. The molecule has 7 nitrogen and oxygen atoms in total. The van der Waals surface area contributed by atoms with Crippen LogP contribution in [0.3, 0.4) is 0 Å². The number of nitrogens with zero attached hydrogens (tertiary/aromatic N) is 2. The molecule has 0 N–H and O–H groups in total. The van der Waals surface area contributed by atoms with Gasteiger partial charge in [0, 0.05) is 6.07 Å². The molecule has 0 bridgehead atoms. The van der Waals surface area contributed by atoms with Crippen molar-refractivity contribution in [2.24, 2.45) is 0 Å². The molecule has 0 heterocycles. The van der Waals surface area contributed by atoms with Crippen molar-refractivity contribution in [1.29, 1.82) is 0 Å². The first-order chi connectivity index (χ1) is 9.49. The molecule has 0 aromatic heterocycles. The number of ether oxygens (including phenoxy) is 1. The Hall–Kier alpha value is -2.48. The Bertz CT molecular complexity index is 689. The van der Waals surface area contributed by atoms with Crippen molar-refractivity contribution < 1.29 is 14.6 Å². The van der Waals surface area contributed by atoms with Gasteiger partial charge in [0.15, 0.2) is 0 Å². The van der Waals surface area contributed by atoms with Gasteiger partial charge in [-0.25, -0.2) is 0 Å². The molecule has 0 saturated carbocycles. The Morgan fingerprint density at radius 2 is 1.65 bits per heavy atom. The van der Waals surface area contributed by atoms with Crippen LogP contribution in [-0.2, 0) is 0 Å². The van der Waals surface area contributed by atoms with E-state index < -0.39 is 15.5 Å². The summed E-state index contributed by atoms with van der Waals surface area (Å²) in [6.07, 6.45) is 0. The van der Waals surface area contributed by atoms with Gasteiger partial charge in [0.2, 0.25) is 5.75 Å². The number of hydrogen-bond donors (Lipinski definition) is 0. The maximum absolute atomic E-state index is 11.0. The number of rotatable bonds is 4. The standard InChI is InChI=1S/C12H7BrN2O5/c13-9-3-1-2-4-11(9)20-12-6-5-8(14(16)17)7-10(12)15(18)19/h1-7H. The second-order valence-electron chi connectivity index (χ2n) is 3.70. The van der Waals surface area contributed by atoms with Crippen molar-refractivity contribution in [3.8, 4) is 11.5 Å². The van der Waals surface area contributed by atoms with E-state index in [2.05, 4.69) is 15.9 Å². The normalized spacial score (nSPS) is 10.1. The van der Waals surface area contributed by atoms with Crippen LogP contribution >= 0.6 is 15.9 Å². The second kappa shape index (κ2) is 5.66. The van der Waals surface area contributed by atoms with E-state index in [9.17, 15) is 20.2 Å². The lowest BCUT2D eigenvalue weighted by Crippen LogP contribution is -1.96. The molecule has 0 amide bonds. The van der Waals surface area contributed by atoms with Gasteiger partial charge in [0.05, 0.1) is 20.4 Å². The monoisotopic (exact) mass is 338 g/mol. The zero-order valence-electron chi connectivity index (χ0n) is 9.86. The maximum atomic E-state index is 11.0. The van der Waals surface area contributed by atoms with Crippen LogP contribution in [0.1, 0.15) is 0 Å². The van der Waals surface area contributed by atoms with Crippen LogP contribution in [0.15, 0.2) is 46.9 Å². The molecule has 0 atom stereocenters. The van der Waals surface area contributed by atoms with Gasteiger partial charge in [0.25, 0.3) is 5.69 Å². The van der Waals surface area contributed by atoms with Gasteiger partial charge in [-0.3, -0.25) is 20.2 Å². The average Bonchev–Trinajstić information content (AvgIpc) is 2.41. The number of non-ortho nitro benzene ring substituents is 1. The summed E-state index contributed by atoms with van der Waals surface area (Å²) < 4.78 is 6.04. The van der Waals surface area contributed by atoms with Crippen molar-refractivity contribution >= 4 is 27.3 Å². The number of nitro groups is 2. The summed E-state index contributed by atoms with van der Waals surface area (Å²) >= 11 is 3.25. The van der Waals surface area contributed by atoms with Crippen LogP contribution in [0.25, 0.3) is 0 Å². The van der Waals surface area contributed by atoms with Gasteiger partial charge in [-0.05, 0) is 34.1 Å². The van der Waals surface area contributed by atoms with Gasteiger partial charge < -0.3 is 4.74 Å². The summed E-state index contributed by atoms with van der Waals surface area (Å²) in [6.45, 7) is 0. The summed E-state index contributed by atoms with van der Waals surface area (Å²) in [6, 6.07) is 10.0. The van der Waals surface area contributed by atoms with Crippen LogP contribution in [0.2, 0.25) is 0 Å². The SMILES string of the molecule is O=[N+]([O-])c1ccc(Oc2ccccc2Br)c([N+](=O)[O-])c1. The third-order valence-electron chi connectivity index (χ3n) is 2.41. The predicted octanol–water partition coefficient (Wildman–Crippen LogP) is 4.06. The highest BCUT2D eigenvalue weighted by Gasteiger charge is 2.21. The van der Waals surface area contributed by atoms with Crippen molar-refractivity contribution in [3.05, 3.63) is 67.2 Å². The highest BCUT2D eigenvalue weighted by atomic mass is 79.9. The first-order valence-electron chi connectivity index (χ1n) is 5.34. The summed E-state index contributed by atoms with van der Waals surface area (Å²) in [5.41, 5.74) is -0.828. The molecule has 0 fully saturated rings. The summed E-state index contributed by atoms with van der Waals surface area (Å²) in [5.74, 6) is 0.317. The smallest absolute Gasteiger partial charge is 0.318 e. The quantitative estimate of drug-likeness (QED) is 0.618. The Kier molecular flexibility index (Phi) is 3.94. The van der Waals surface area contributed by atoms with E-state index in [0.717, 1.165) is 12.1 Å². The Morgan fingerprint density at radius 3 is 2.25 bits per heavy atom. The lowest BCUT2D eigenvalue weighted by atomic mass is 10.2. The fourth-order valence-electron chi connectivity index (χ4n) is 1.49. The minimum absolute atomic E-state index is 0.0625. The number of hydrogen-bond acceptors (Lipinski definition) is 5. The number of para-hydroxylation sites is 1. The summed E-state index contributed by atoms with van der Waals surface area (Å²) in [4.78, 5) is 20.2. The average molecular weight is 339 g/mol. The van der Waals surface area contributed by atoms with E-state index in [1.165, 1.54) is 6.07 Å². The largest absolute Gasteiger partial charge is 0.449 e. The Balaban J connectivity index is 2.44. The van der Waals surface area contributed by atoms with Crippen molar-refractivity contribution in [3.63, 3.8) is 0 Å². The lowest BCUT2D eigenvalue weighted by Gasteiger charge is -2.07. The third-order valence-corrected chi connectivity index (χ3v) is 3.06. The van der Waals surface area contributed by atoms with E-state index in [1.54, 1.807) is 24.3 Å². The molecule has 0 spiro atoms. The molecule has 0 saturated heterocycles. The maximum Gasteiger partial charge on any atom is 0.318 e. The Labute approximate surface area is 121 Å². The lowest BCUT2D eigenvalue weighted by molar-refractivity contribution is -0.394. The highest BCUT2D eigenvalue weighted by molar-refractivity contribution is 9.10. The molecule has 2 aromatic rings. The third kappa shape index (κ3) is 2.91. The van der Waals surface area contributed by atoms with E-state index in [-0.39, 0.29) is 11.4 Å². The van der Waals surface area contributed by atoms with Gasteiger partial charge in [0.1, 0.15) is 5.75 Å². The van der Waals surface area contributed by atoms with Crippen LogP contribution in [0.4, 0.5) is 11.4 Å². The predicted molar refractivity (Wildman–Crippen MR) is 74.0 cm³/mol. The summed E-state index contributed by atoms with van der Waals surface area (Å²) in [5, 5.41) is 21.6. The van der Waals surface area contributed by atoms with E-state index in [0.29, 0.717) is 10.2 Å². The zero-order chi connectivity index (χ0) is 14.7. The molecule has 2 rings (SSSR count). The highest BCUT2D eigenvalue weighted by Crippen LogP contribution is 2.36. The van der Waals surface area contributed by atoms with Crippen molar-refractivity contribution in [2.75, 3.05) is 0 Å². The van der Waals surface area contributed by atoms with Gasteiger partial charge in [-0.15, -0.1) is 0 Å². The fourth-order valence-corrected chi connectivity index (χ4v) is 1.86. The van der Waals surface area contributed by atoms with Crippen LogP contribution in [0.5, 0.6) is 11.5 Å². The first-order valence-corrected chi connectivity index (χ1v) is 6.13. The topological polar surface area (TPSA) is 95.5 Å². The molecule has 8 heteroatoms. The van der Waals surface area contributed by atoms with E-state index in [1.807, 2.05) is 0 Å². The van der Waals surface area contributed by atoms with Gasteiger partial charge in [-0.1, -0.05) is 12.1 Å². The molecule has 0 radical (unpaired) electrons. The molecule has 2 aromatic carbocycles. The van der Waals surface area contributed by atoms with Crippen LogP contribution in [0, 0.1) is 20.2 Å². The molecule has 20 heavy (non-hydrogen) atoms. The molecule has 102 valence electrons. The van der Waals surface area contributed by atoms with Crippen molar-refractivity contribution in [1.82, 2.24) is 0 Å². The fraction of sp³-hybridized carbons (Fsp3) is 0. The molecule has 0 aliphatic carbocycles. The van der Waals surface area contributed by atoms with E-state index >= 15 is 0 Å². The first kappa shape index (κ1) is 13.9. The minimum Gasteiger partial charge on any atom is -0.449 e. The number of benzene rings is 2. The zero-order valence-corrected chi connectivity index (χ0v) is 11.4. The van der Waals surface area contributed by atoms with Crippen LogP contribution < -0.4 is 4.74 Å². The molecule has 0 unspecified atom stereocenters. The minimum atomic E-state index is -0.723. The van der Waals surface area contributed by atoms with E-state index in [4.69, 9.17) is 4.74 Å². The van der Waals surface area contributed by atoms with Crippen LogP contribution in [-0.4, -0.2) is 9.85 Å². The molecular formula is C12H7BrN2O5. The van der Waals surface area contributed by atoms with Gasteiger partial charge in [-0.2, -0.15) is 0 Å². The van der Waals surface area contributed by atoms with Gasteiger partial charge >= 0.3 is 5.69 Å². The molecule has 0 aliphatic rings. The second-order valence-corrected chi connectivity index (χ2v) is 4.55. The molecule has 0 aliphatic heterocycles. The Morgan fingerprint density at radius 1 is 0.950 bits per heavy atom. The number of nitro benzene ring substituents is 2. The van der Waals surface area contributed by atoms with Crippen molar-refractivity contribution in [2.45, 2.75) is 0 Å². The number of halogens is 1.